The average Bonchev–Trinajstić information content (AvgIpc) is 2.87. The van der Waals surface area contributed by atoms with Gasteiger partial charge in [0, 0.05) is 4.47 Å². The molecule has 0 bridgehead atoms. The summed E-state index contributed by atoms with van der Waals surface area (Å²) in [6.07, 6.45) is 0. The molecule has 0 spiro atoms. The molecular weight excluding hydrogens is 302 g/mol. The van der Waals surface area contributed by atoms with Crippen LogP contribution >= 0.6 is 15.9 Å². The summed E-state index contributed by atoms with van der Waals surface area (Å²) >= 11 is 3.45. The van der Waals surface area contributed by atoms with Gasteiger partial charge in [-0.05, 0) is 28.1 Å². The zero-order valence-corrected chi connectivity index (χ0v) is 10.9. The molecule has 6 nitrogen and oxygen atoms in total. The maximum absolute atomic E-state index is 5.62. The molecule has 1 aromatic carbocycles. The predicted molar refractivity (Wildman–Crippen MR) is 66.3 cm³/mol. The number of halogens is 1. The lowest BCUT2D eigenvalue weighted by molar-refractivity contribution is 0.172. The van der Waals surface area contributed by atoms with Gasteiger partial charge >= 0.3 is 0 Å². The predicted octanol–water partition coefficient (Wildman–Crippen LogP) is 1.73. The third-order valence-corrected chi connectivity index (χ3v) is 3.19. The standard InChI is InChI=1S/C11H10BrN3O3/c12-6-1-2-7-10(17-4-3-16-7)9(6)11-14-8(5-13)18-15-11/h1-2H,3-5,13H2. The molecule has 18 heavy (non-hydrogen) atoms. The lowest BCUT2D eigenvalue weighted by atomic mass is 10.1. The number of hydrogen-bond acceptors (Lipinski definition) is 6. The van der Waals surface area contributed by atoms with E-state index in [2.05, 4.69) is 26.1 Å². The number of nitrogens with zero attached hydrogens (tertiary/aromatic N) is 2. The van der Waals surface area contributed by atoms with Crippen LogP contribution in [0, 0.1) is 0 Å². The minimum atomic E-state index is 0.205. The normalized spacial score (nSPS) is 13.7. The number of fused-ring (bicyclic) bond motifs is 1. The summed E-state index contributed by atoms with van der Waals surface area (Å²) in [6, 6.07) is 3.70. The molecule has 0 atom stereocenters. The summed E-state index contributed by atoms with van der Waals surface area (Å²) in [5, 5.41) is 3.89. The molecular formula is C11H10BrN3O3. The van der Waals surface area contributed by atoms with E-state index >= 15 is 0 Å². The van der Waals surface area contributed by atoms with Crippen molar-refractivity contribution in [1.29, 1.82) is 0 Å². The summed E-state index contributed by atoms with van der Waals surface area (Å²) in [5.74, 6) is 2.12. The van der Waals surface area contributed by atoms with Crippen LogP contribution < -0.4 is 15.2 Å². The second-order valence-electron chi connectivity index (χ2n) is 3.66. The Labute approximate surface area is 111 Å². The molecule has 0 radical (unpaired) electrons. The van der Waals surface area contributed by atoms with E-state index in [0.717, 1.165) is 10.0 Å². The van der Waals surface area contributed by atoms with Crippen LogP contribution in [0.15, 0.2) is 21.1 Å². The highest BCUT2D eigenvalue weighted by Crippen LogP contribution is 2.43. The molecule has 2 heterocycles. The SMILES string of the molecule is NCc1nc(-c2c(Br)ccc3c2OCCO3)no1. The molecule has 0 unspecified atom stereocenters. The number of rotatable bonds is 2. The van der Waals surface area contributed by atoms with Gasteiger partial charge in [0.05, 0.1) is 12.1 Å². The molecule has 94 valence electrons. The molecule has 0 saturated heterocycles. The Hall–Kier alpha value is -1.60. The smallest absolute Gasteiger partial charge is 0.240 e. The molecule has 0 amide bonds. The topological polar surface area (TPSA) is 83.4 Å². The van der Waals surface area contributed by atoms with Crippen LogP contribution in [0.25, 0.3) is 11.4 Å². The number of nitrogens with two attached hydrogens (primary N) is 1. The summed E-state index contributed by atoms with van der Waals surface area (Å²) in [4.78, 5) is 4.20. The van der Waals surface area contributed by atoms with Crippen molar-refractivity contribution in [2.75, 3.05) is 13.2 Å². The summed E-state index contributed by atoms with van der Waals surface area (Å²) in [7, 11) is 0. The monoisotopic (exact) mass is 311 g/mol. The molecule has 1 aromatic heterocycles. The highest BCUT2D eigenvalue weighted by Gasteiger charge is 2.23. The van der Waals surface area contributed by atoms with E-state index in [9.17, 15) is 0 Å². The van der Waals surface area contributed by atoms with Gasteiger partial charge in [-0.15, -0.1) is 0 Å². The lowest BCUT2D eigenvalue weighted by Crippen LogP contribution is -2.16. The zero-order valence-electron chi connectivity index (χ0n) is 9.35. The van der Waals surface area contributed by atoms with Crippen LogP contribution in [0.4, 0.5) is 0 Å². The first-order valence-corrected chi connectivity index (χ1v) is 6.20. The van der Waals surface area contributed by atoms with Gasteiger partial charge in [0.1, 0.15) is 13.2 Å². The van der Waals surface area contributed by atoms with Gasteiger partial charge in [-0.2, -0.15) is 4.98 Å². The minimum Gasteiger partial charge on any atom is -0.486 e. The van der Waals surface area contributed by atoms with Crippen molar-refractivity contribution in [3.8, 4) is 22.9 Å². The molecule has 0 saturated carbocycles. The molecule has 1 aliphatic heterocycles. The van der Waals surface area contributed by atoms with Gasteiger partial charge < -0.3 is 19.7 Å². The van der Waals surface area contributed by atoms with Crippen LogP contribution in [0.2, 0.25) is 0 Å². The molecule has 0 fully saturated rings. The van der Waals surface area contributed by atoms with E-state index in [4.69, 9.17) is 19.7 Å². The van der Waals surface area contributed by atoms with Gasteiger partial charge in [0.2, 0.25) is 11.7 Å². The third kappa shape index (κ3) is 1.85. The Morgan fingerprint density at radius 1 is 1.28 bits per heavy atom. The first kappa shape index (κ1) is 11.5. The Morgan fingerprint density at radius 3 is 2.89 bits per heavy atom. The van der Waals surface area contributed by atoms with E-state index in [1.807, 2.05) is 12.1 Å². The molecule has 0 aliphatic carbocycles. The Kier molecular flexibility index (Phi) is 2.92. The van der Waals surface area contributed by atoms with Crippen molar-refractivity contribution in [3.63, 3.8) is 0 Å². The van der Waals surface area contributed by atoms with Crippen molar-refractivity contribution < 1.29 is 14.0 Å². The number of benzene rings is 1. The highest BCUT2D eigenvalue weighted by atomic mass is 79.9. The molecule has 3 rings (SSSR count). The van der Waals surface area contributed by atoms with Gasteiger partial charge in [-0.3, -0.25) is 0 Å². The minimum absolute atomic E-state index is 0.205. The van der Waals surface area contributed by atoms with E-state index in [1.165, 1.54) is 0 Å². The van der Waals surface area contributed by atoms with Crippen molar-refractivity contribution in [1.82, 2.24) is 10.1 Å². The molecule has 1 aliphatic rings. The fraction of sp³-hybridized carbons (Fsp3) is 0.273. The van der Waals surface area contributed by atoms with E-state index in [-0.39, 0.29) is 6.54 Å². The molecule has 2 aromatic rings. The van der Waals surface area contributed by atoms with Crippen LogP contribution in [0.1, 0.15) is 5.89 Å². The lowest BCUT2D eigenvalue weighted by Gasteiger charge is -2.20. The second-order valence-corrected chi connectivity index (χ2v) is 4.52. The number of aromatic nitrogens is 2. The Morgan fingerprint density at radius 2 is 2.11 bits per heavy atom. The maximum Gasteiger partial charge on any atom is 0.240 e. The quantitative estimate of drug-likeness (QED) is 0.909. The van der Waals surface area contributed by atoms with Crippen molar-refractivity contribution in [3.05, 3.63) is 22.5 Å². The van der Waals surface area contributed by atoms with Crippen molar-refractivity contribution in [2.45, 2.75) is 6.54 Å². The largest absolute Gasteiger partial charge is 0.486 e. The van der Waals surface area contributed by atoms with Crippen LogP contribution in [-0.4, -0.2) is 23.4 Å². The first-order chi connectivity index (χ1) is 8.79. The maximum atomic E-state index is 5.62. The fourth-order valence-corrected chi connectivity index (χ4v) is 2.23. The van der Waals surface area contributed by atoms with Gasteiger partial charge in [-0.25, -0.2) is 0 Å². The van der Waals surface area contributed by atoms with Crippen molar-refractivity contribution >= 4 is 15.9 Å². The van der Waals surface area contributed by atoms with Gasteiger partial charge in [-0.1, -0.05) is 5.16 Å². The van der Waals surface area contributed by atoms with Gasteiger partial charge in [0.25, 0.3) is 0 Å². The highest BCUT2D eigenvalue weighted by molar-refractivity contribution is 9.10. The zero-order chi connectivity index (χ0) is 12.5. The Balaban J connectivity index is 2.15. The van der Waals surface area contributed by atoms with E-state index in [1.54, 1.807) is 0 Å². The first-order valence-electron chi connectivity index (χ1n) is 5.40. The van der Waals surface area contributed by atoms with Crippen LogP contribution in [0.5, 0.6) is 11.5 Å². The van der Waals surface area contributed by atoms with Crippen LogP contribution in [-0.2, 0) is 6.54 Å². The van der Waals surface area contributed by atoms with Gasteiger partial charge in [0.15, 0.2) is 11.5 Å². The Bertz CT molecular complexity index is 585. The van der Waals surface area contributed by atoms with E-state index < -0.39 is 0 Å². The summed E-state index contributed by atoms with van der Waals surface area (Å²) in [6.45, 7) is 1.24. The number of hydrogen-bond donors (Lipinski definition) is 1. The molecule has 2 N–H and O–H groups in total. The average molecular weight is 312 g/mol. The third-order valence-electron chi connectivity index (χ3n) is 2.52. The van der Waals surface area contributed by atoms with E-state index in [0.29, 0.717) is 36.4 Å². The second kappa shape index (κ2) is 4.58. The molecule has 7 heteroatoms. The summed E-state index contributed by atoms with van der Waals surface area (Å²) in [5.41, 5.74) is 6.17. The van der Waals surface area contributed by atoms with Crippen molar-refractivity contribution in [2.24, 2.45) is 5.73 Å². The fourth-order valence-electron chi connectivity index (χ4n) is 1.74. The summed E-state index contributed by atoms with van der Waals surface area (Å²) < 4.78 is 17.0. The number of ether oxygens (including phenoxy) is 2. The van der Waals surface area contributed by atoms with Crippen LogP contribution in [0.3, 0.4) is 0 Å².